The zero-order valence-electron chi connectivity index (χ0n) is 19.8. The predicted octanol–water partition coefficient (Wildman–Crippen LogP) is 5.91. The van der Waals surface area contributed by atoms with Gasteiger partial charge in [0.2, 0.25) is 0 Å². The van der Waals surface area contributed by atoms with Gasteiger partial charge in [-0.1, -0.05) is 68.5 Å². The number of carbonyl (C=O) groups is 1. The van der Waals surface area contributed by atoms with Crippen LogP contribution in [0.2, 0.25) is 0 Å². The summed E-state index contributed by atoms with van der Waals surface area (Å²) in [4.78, 5) is 12.0. The fourth-order valence-corrected chi connectivity index (χ4v) is 6.10. The molecule has 1 aromatic rings. The van der Waals surface area contributed by atoms with E-state index in [-0.39, 0.29) is 5.91 Å². The first-order chi connectivity index (χ1) is 15.4. The normalized spacial score (nSPS) is 25.2. The van der Waals surface area contributed by atoms with Gasteiger partial charge in [-0.15, -0.1) is 0 Å². The Labute approximate surface area is 198 Å². The van der Waals surface area contributed by atoms with Crippen LogP contribution >= 0.6 is 11.8 Å². The van der Waals surface area contributed by atoms with Crippen molar-refractivity contribution < 1.29 is 14.7 Å². The second-order valence-corrected chi connectivity index (χ2v) is 10.8. The highest BCUT2D eigenvalue weighted by Gasteiger charge is 2.47. The van der Waals surface area contributed by atoms with Crippen molar-refractivity contribution in [3.8, 4) is 0 Å². The zero-order chi connectivity index (χ0) is 23.0. The van der Waals surface area contributed by atoms with E-state index in [9.17, 15) is 10.0 Å². The van der Waals surface area contributed by atoms with Gasteiger partial charge in [-0.3, -0.25) is 10.0 Å². The van der Waals surface area contributed by atoms with Gasteiger partial charge in [0.1, 0.15) is 0 Å². The third-order valence-corrected chi connectivity index (χ3v) is 7.91. The maximum atomic E-state index is 12.0. The van der Waals surface area contributed by atoms with Crippen LogP contribution in [0.1, 0.15) is 51.5 Å². The van der Waals surface area contributed by atoms with Crippen molar-refractivity contribution in [2.45, 2.75) is 64.6 Å². The molecule has 5 heteroatoms. The standard InChI is InChI=1S/C27H39NO3S/c1-27(2,26(29)28(3)30)18-10-5-8-15-22-23(25-17-16-24(22)31-25)20-32-19-11-9-14-21-12-6-4-7-13-21/h4-9,11-13,22-25,30H,10,14-20H2,1-3H3/b8-5-,11-9+/t22-,23+,24-,25+/m0/s1. The summed E-state index contributed by atoms with van der Waals surface area (Å²) < 4.78 is 6.26. The number of nitrogens with zero attached hydrogens (tertiary/aromatic N) is 1. The van der Waals surface area contributed by atoms with Gasteiger partial charge in [0.25, 0.3) is 5.91 Å². The van der Waals surface area contributed by atoms with Gasteiger partial charge < -0.3 is 4.74 Å². The molecule has 0 aromatic heterocycles. The Kier molecular flexibility index (Phi) is 9.45. The molecule has 2 saturated heterocycles. The van der Waals surface area contributed by atoms with E-state index in [1.807, 2.05) is 25.6 Å². The number of ether oxygens (including phenoxy) is 1. The molecule has 0 aliphatic carbocycles. The minimum absolute atomic E-state index is 0.234. The van der Waals surface area contributed by atoms with E-state index < -0.39 is 5.41 Å². The lowest BCUT2D eigenvalue weighted by Crippen LogP contribution is -2.36. The highest BCUT2D eigenvalue weighted by molar-refractivity contribution is 7.99. The van der Waals surface area contributed by atoms with E-state index in [0.717, 1.165) is 31.4 Å². The number of allylic oxidation sites excluding steroid dienone is 3. The summed E-state index contributed by atoms with van der Waals surface area (Å²) in [5, 5.41) is 10.1. The van der Waals surface area contributed by atoms with Crippen LogP contribution in [-0.4, -0.2) is 46.9 Å². The average Bonchev–Trinajstić information content (AvgIpc) is 3.38. The van der Waals surface area contributed by atoms with Crippen LogP contribution < -0.4 is 0 Å². The monoisotopic (exact) mass is 457 g/mol. The average molecular weight is 458 g/mol. The molecule has 0 saturated carbocycles. The molecule has 2 aliphatic heterocycles. The molecule has 2 aliphatic rings. The van der Waals surface area contributed by atoms with Crippen molar-refractivity contribution in [1.29, 1.82) is 0 Å². The fourth-order valence-electron chi connectivity index (χ4n) is 4.96. The Hall–Kier alpha value is -1.56. The maximum absolute atomic E-state index is 12.0. The predicted molar refractivity (Wildman–Crippen MR) is 133 cm³/mol. The van der Waals surface area contributed by atoms with Crippen LogP contribution in [0.3, 0.4) is 0 Å². The number of thioether (sulfide) groups is 1. The number of hydroxylamine groups is 2. The van der Waals surface area contributed by atoms with Crippen LogP contribution in [0.4, 0.5) is 0 Å². The van der Waals surface area contributed by atoms with Crippen LogP contribution in [0.5, 0.6) is 0 Å². The Morgan fingerprint density at radius 2 is 1.84 bits per heavy atom. The molecule has 0 spiro atoms. The molecule has 1 aromatic carbocycles. The van der Waals surface area contributed by atoms with E-state index in [2.05, 4.69) is 54.6 Å². The fraction of sp³-hybridized carbons (Fsp3) is 0.593. The number of benzene rings is 1. The second-order valence-electron chi connectivity index (χ2n) is 9.78. The topological polar surface area (TPSA) is 49.8 Å². The van der Waals surface area contributed by atoms with Crippen LogP contribution in [0, 0.1) is 17.3 Å². The van der Waals surface area contributed by atoms with E-state index in [1.165, 1.54) is 31.2 Å². The summed E-state index contributed by atoms with van der Waals surface area (Å²) in [5.41, 5.74) is 0.814. The second kappa shape index (κ2) is 12.1. The molecule has 0 unspecified atom stereocenters. The van der Waals surface area contributed by atoms with Gasteiger partial charge in [-0.25, -0.2) is 5.06 Å². The number of fused-ring (bicyclic) bond motifs is 2. The van der Waals surface area contributed by atoms with Crippen molar-refractivity contribution in [2.75, 3.05) is 18.6 Å². The lowest BCUT2D eigenvalue weighted by molar-refractivity contribution is -0.169. The smallest absolute Gasteiger partial charge is 0.251 e. The number of rotatable bonds is 12. The maximum Gasteiger partial charge on any atom is 0.251 e. The van der Waals surface area contributed by atoms with Crippen molar-refractivity contribution in [3.63, 3.8) is 0 Å². The third-order valence-electron chi connectivity index (χ3n) is 6.86. The van der Waals surface area contributed by atoms with Crippen molar-refractivity contribution in [1.82, 2.24) is 5.06 Å². The summed E-state index contributed by atoms with van der Waals surface area (Å²) >= 11 is 2.03. The Morgan fingerprint density at radius 1 is 1.12 bits per heavy atom. The molecule has 176 valence electrons. The first kappa shape index (κ1) is 25.1. The van der Waals surface area contributed by atoms with Gasteiger partial charge in [0, 0.05) is 18.2 Å². The van der Waals surface area contributed by atoms with Crippen molar-refractivity contribution >= 4 is 17.7 Å². The first-order valence-corrected chi connectivity index (χ1v) is 13.1. The van der Waals surface area contributed by atoms with E-state index >= 15 is 0 Å². The number of carbonyl (C=O) groups excluding carboxylic acids is 1. The molecule has 3 rings (SSSR count). The zero-order valence-corrected chi connectivity index (χ0v) is 20.6. The van der Waals surface area contributed by atoms with Crippen LogP contribution in [0.25, 0.3) is 0 Å². The first-order valence-electron chi connectivity index (χ1n) is 11.9. The Bertz CT molecular complexity index is 774. The van der Waals surface area contributed by atoms with Gasteiger partial charge in [-0.05, 0) is 61.7 Å². The summed E-state index contributed by atoms with van der Waals surface area (Å²) in [6.07, 6.45) is 16.0. The quantitative estimate of drug-likeness (QED) is 0.183. The van der Waals surface area contributed by atoms with Crippen LogP contribution in [0.15, 0.2) is 54.6 Å². The molecular formula is C27H39NO3S. The van der Waals surface area contributed by atoms with Crippen molar-refractivity contribution in [2.24, 2.45) is 17.3 Å². The Morgan fingerprint density at radius 3 is 2.56 bits per heavy atom. The summed E-state index contributed by atoms with van der Waals surface area (Å²) in [7, 11) is 1.40. The lowest BCUT2D eigenvalue weighted by Gasteiger charge is -2.27. The molecule has 4 nitrogen and oxygen atoms in total. The molecule has 0 radical (unpaired) electrons. The molecule has 4 atom stereocenters. The number of hydrogen-bond donors (Lipinski definition) is 1. The van der Waals surface area contributed by atoms with Gasteiger partial charge in [-0.2, -0.15) is 11.8 Å². The van der Waals surface area contributed by atoms with Gasteiger partial charge >= 0.3 is 0 Å². The number of hydrogen-bond acceptors (Lipinski definition) is 4. The van der Waals surface area contributed by atoms with Crippen LogP contribution in [-0.2, 0) is 16.0 Å². The summed E-state index contributed by atoms with van der Waals surface area (Å²) in [6.45, 7) is 3.78. The van der Waals surface area contributed by atoms with E-state index in [0.29, 0.717) is 29.1 Å². The Balaban J connectivity index is 1.39. The molecule has 2 bridgehead atoms. The van der Waals surface area contributed by atoms with E-state index in [1.54, 1.807) is 0 Å². The molecule has 1 amide bonds. The van der Waals surface area contributed by atoms with Gasteiger partial charge in [0.05, 0.1) is 12.2 Å². The minimum atomic E-state index is -0.545. The minimum Gasteiger partial charge on any atom is -0.374 e. The third kappa shape index (κ3) is 6.97. The SMILES string of the molecule is CN(O)C(=O)C(C)(C)CC/C=C\C[C@H]1[C@@H](CSC/C=C/Cc2ccccc2)[C@H]2CC[C@@H]1O2. The molecule has 1 N–H and O–H groups in total. The number of amides is 1. The summed E-state index contributed by atoms with van der Waals surface area (Å²) in [5.74, 6) is 3.25. The molecule has 32 heavy (non-hydrogen) atoms. The van der Waals surface area contributed by atoms with Crippen molar-refractivity contribution in [3.05, 3.63) is 60.2 Å². The highest BCUT2D eigenvalue weighted by Crippen LogP contribution is 2.46. The molecule has 2 heterocycles. The van der Waals surface area contributed by atoms with Gasteiger partial charge in [0.15, 0.2) is 0 Å². The lowest BCUT2D eigenvalue weighted by atomic mass is 9.78. The largest absolute Gasteiger partial charge is 0.374 e. The highest BCUT2D eigenvalue weighted by atomic mass is 32.2. The molecular weight excluding hydrogens is 418 g/mol. The van der Waals surface area contributed by atoms with E-state index in [4.69, 9.17) is 4.74 Å². The summed E-state index contributed by atoms with van der Waals surface area (Å²) in [6, 6.07) is 10.6. The molecule has 2 fully saturated rings.